The van der Waals surface area contributed by atoms with Gasteiger partial charge in [0.2, 0.25) is 0 Å². The second kappa shape index (κ2) is 3.58. The summed E-state index contributed by atoms with van der Waals surface area (Å²) in [5.41, 5.74) is 6.63. The molecule has 70 valence electrons. The molecule has 0 spiro atoms. The number of allylic oxidation sites excluding steroid dienone is 1. The second-order valence-corrected chi connectivity index (χ2v) is 5.62. The molecule has 0 amide bonds. The summed E-state index contributed by atoms with van der Waals surface area (Å²) in [7, 11) is -2.84. The highest BCUT2D eigenvalue weighted by molar-refractivity contribution is 7.91. The van der Waals surface area contributed by atoms with Crippen molar-refractivity contribution in [3.8, 4) is 0 Å². The van der Waals surface area contributed by atoms with E-state index < -0.39 is 9.84 Å². The van der Waals surface area contributed by atoms with E-state index in [0.717, 1.165) is 12.8 Å². The molecule has 0 aromatic carbocycles. The van der Waals surface area contributed by atoms with Crippen LogP contribution in [0.25, 0.3) is 0 Å². The van der Waals surface area contributed by atoms with Crippen LogP contribution < -0.4 is 5.73 Å². The average Bonchev–Trinajstić information content (AvgIpc) is 2.03. The minimum absolute atomic E-state index is 0.173. The van der Waals surface area contributed by atoms with E-state index in [4.69, 9.17) is 5.73 Å². The van der Waals surface area contributed by atoms with E-state index in [1.807, 2.05) is 6.08 Å². The highest BCUT2D eigenvalue weighted by atomic mass is 32.2. The molecule has 0 saturated heterocycles. The monoisotopic (exact) mass is 189 g/mol. The standard InChI is InChI=1S/C8H15NO2S/c1-12(10,11)8-4-2-7(6-9)3-5-8/h2,8H,3-6,9H2,1H3. The average molecular weight is 189 g/mol. The van der Waals surface area contributed by atoms with Crippen molar-refractivity contribution in [2.45, 2.75) is 24.5 Å². The zero-order valence-corrected chi connectivity index (χ0v) is 8.10. The van der Waals surface area contributed by atoms with Crippen LogP contribution in [0.5, 0.6) is 0 Å². The van der Waals surface area contributed by atoms with Crippen LogP contribution in [0.15, 0.2) is 11.6 Å². The number of nitrogens with two attached hydrogens (primary N) is 1. The fraction of sp³-hybridized carbons (Fsp3) is 0.750. The van der Waals surface area contributed by atoms with E-state index >= 15 is 0 Å². The normalized spacial score (nSPS) is 25.2. The Morgan fingerprint density at radius 1 is 1.67 bits per heavy atom. The molecule has 0 radical (unpaired) electrons. The topological polar surface area (TPSA) is 60.2 Å². The van der Waals surface area contributed by atoms with Gasteiger partial charge in [0, 0.05) is 12.8 Å². The molecular formula is C8H15NO2S. The Hall–Kier alpha value is -0.350. The number of rotatable bonds is 2. The molecule has 1 unspecified atom stereocenters. The summed E-state index contributed by atoms with van der Waals surface area (Å²) in [4.78, 5) is 0. The second-order valence-electron chi connectivity index (χ2n) is 3.29. The zero-order chi connectivity index (χ0) is 9.19. The summed E-state index contributed by atoms with van der Waals surface area (Å²) in [6.07, 6.45) is 5.50. The lowest BCUT2D eigenvalue weighted by Crippen LogP contribution is -2.23. The van der Waals surface area contributed by atoms with Gasteiger partial charge in [-0.15, -0.1) is 0 Å². The summed E-state index contributed by atoms with van der Waals surface area (Å²) in [6.45, 7) is 0.566. The van der Waals surface area contributed by atoms with Gasteiger partial charge in [-0.1, -0.05) is 11.6 Å². The molecule has 0 aromatic rings. The summed E-state index contributed by atoms with van der Waals surface area (Å²) >= 11 is 0. The van der Waals surface area contributed by atoms with Gasteiger partial charge in [0.15, 0.2) is 9.84 Å². The van der Waals surface area contributed by atoms with Crippen LogP contribution >= 0.6 is 0 Å². The minimum atomic E-state index is -2.84. The lowest BCUT2D eigenvalue weighted by Gasteiger charge is -2.19. The van der Waals surface area contributed by atoms with Gasteiger partial charge in [-0.25, -0.2) is 8.42 Å². The Bertz CT molecular complexity index is 279. The van der Waals surface area contributed by atoms with Gasteiger partial charge >= 0.3 is 0 Å². The molecule has 3 nitrogen and oxygen atoms in total. The van der Waals surface area contributed by atoms with Crippen LogP contribution in [0.4, 0.5) is 0 Å². The van der Waals surface area contributed by atoms with Crippen molar-refractivity contribution in [1.82, 2.24) is 0 Å². The van der Waals surface area contributed by atoms with Crippen molar-refractivity contribution >= 4 is 9.84 Å². The molecule has 1 rings (SSSR count). The Labute approximate surface area is 73.6 Å². The molecule has 2 N–H and O–H groups in total. The summed E-state index contributed by atoms with van der Waals surface area (Å²) in [5, 5.41) is -0.173. The largest absolute Gasteiger partial charge is 0.327 e. The molecule has 1 aliphatic carbocycles. The van der Waals surface area contributed by atoms with Crippen LogP contribution in [-0.4, -0.2) is 26.5 Å². The molecule has 0 heterocycles. The molecule has 12 heavy (non-hydrogen) atoms. The summed E-state index contributed by atoms with van der Waals surface area (Å²) in [6, 6.07) is 0. The molecule has 0 fully saturated rings. The van der Waals surface area contributed by atoms with Crippen molar-refractivity contribution in [1.29, 1.82) is 0 Å². The third-order valence-corrected chi connectivity index (χ3v) is 3.96. The lowest BCUT2D eigenvalue weighted by molar-refractivity contribution is 0.570. The third-order valence-electron chi connectivity index (χ3n) is 2.32. The fourth-order valence-corrected chi connectivity index (χ4v) is 2.43. The Morgan fingerprint density at radius 3 is 2.67 bits per heavy atom. The van der Waals surface area contributed by atoms with Crippen LogP contribution in [0, 0.1) is 0 Å². The van der Waals surface area contributed by atoms with Gasteiger partial charge in [0.05, 0.1) is 5.25 Å². The number of sulfone groups is 1. The van der Waals surface area contributed by atoms with E-state index in [0.29, 0.717) is 13.0 Å². The van der Waals surface area contributed by atoms with Crippen molar-refractivity contribution in [3.05, 3.63) is 11.6 Å². The molecule has 1 atom stereocenters. The van der Waals surface area contributed by atoms with E-state index in [1.54, 1.807) is 0 Å². The Balaban J connectivity index is 2.64. The molecule has 0 saturated carbocycles. The SMILES string of the molecule is CS(=O)(=O)C1CC=C(CN)CC1. The van der Waals surface area contributed by atoms with Gasteiger partial charge in [-0.3, -0.25) is 0 Å². The van der Waals surface area contributed by atoms with Gasteiger partial charge in [-0.2, -0.15) is 0 Å². The van der Waals surface area contributed by atoms with Crippen molar-refractivity contribution in [3.63, 3.8) is 0 Å². The zero-order valence-electron chi connectivity index (χ0n) is 7.29. The van der Waals surface area contributed by atoms with Gasteiger partial charge in [0.25, 0.3) is 0 Å². The predicted molar refractivity (Wildman–Crippen MR) is 49.6 cm³/mol. The molecule has 4 heteroatoms. The van der Waals surface area contributed by atoms with E-state index in [2.05, 4.69) is 0 Å². The molecule has 1 aliphatic rings. The quantitative estimate of drug-likeness (QED) is 0.642. The Morgan fingerprint density at radius 2 is 2.33 bits per heavy atom. The molecule has 0 aliphatic heterocycles. The first-order valence-corrected chi connectivity index (χ1v) is 6.06. The molecular weight excluding hydrogens is 174 g/mol. The highest BCUT2D eigenvalue weighted by Crippen LogP contribution is 2.22. The minimum Gasteiger partial charge on any atom is -0.327 e. The van der Waals surface area contributed by atoms with E-state index in [1.165, 1.54) is 11.8 Å². The third kappa shape index (κ3) is 2.32. The van der Waals surface area contributed by atoms with Crippen molar-refractivity contribution < 1.29 is 8.42 Å². The van der Waals surface area contributed by atoms with Crippen LogP contribution in [0.1, 0.15) is 19.3 Å². The van der Waals surface area contributed by atoms with Crippen molar-refractivity contribution in [2.24, 2.45) is 5.73 Å². The Kier molecular flexibility index (Phi) is 2.90. The van der Waals surface area contributed by atoms with Crippen LogP contribution in [0.2, 0.25) is 0 Å². The van der Waals surface area contributed by atoms with Gasteiger partial charge < -0.3 is 5.73 Å². The maximum Gasteiger partial charge on any atom is 0.150 e. The van der Waals surface area contributed by atoms with Gasteiger partial charge in [-0.05, 0) is 19.3 Å². The van der Waals surface area contributed by atoms with E-state index in [-0.39, 0.29) is 5.25 Å². The fourth-order valence-electron chi connectivity index (χ4n) is 1.44. The molecule has 0 aromatic heterocycles. The smallest absolute Gasteiger partial charge is 0.150 e. The first-order valence-electron chi connectivity index (χ1n) is 4.11. The maximum absolute atomic E-state index is 11.1. The maximum atomic E-state index is 11.1. The first-order chi connectivity index (χ1) is 5.54. The number of hydrogen-bond acceptors (Lipinski definition) is 3. The lowest BCUT2D eigenvalue weighted by atomic mass is 9.99. The summed E-state index contributed by atoms with van der Waals surface area (Å²) < 4.78 is 22.2. The van der Waals surface area contributed by atoms with Crippen LogP contribution in [0.3, 0.4) is 0 Å². The molecule has 0 bridgehead atoms. The van der Waals surface area contributed by atoms with Gasteiger partial charge in [0.1, 0.15) is 0 Å². The van der Waals surface area contributed by atoms with Crippen LogP contribution in [-0.2, 0) is 9.84 Å². The highest BCUT2D eigenvalue weighted by Gasteiger charge is 2.22. The summed E-state index contributed by atoms with van der Waals surface area (Å²) in [5.74, 6) is 0. The predicted octanol–water partition coefficient (Wildman–Crippen LogP) is 0.469. The number of hydrogen-bond donors (Lipinski definition) is 1. The van der Waals surface area contributed by atoms with E-state index in [9.17, 15) is 8.42 Å². The first kappa shape index (κ1) is 9.74. The van der Waals surface area contributed by atoms with Crippen molar-refractivity contribution in [2.75, 3.05) is 12.8 Å².